The van der Waals surface area contributed by atoms with E-state index < -0.39 is 5.97 Å². The van der Waals surface area contributed by atoms with Crippen LogP contribution in [-0.2, 0) is 17.9 Å². The highest BCUT2D eigenvalue weighted by molar-refractivity contribution is 9.10. The van der Waals surface area contributed by atoms with Gasteiger partial charge in [0.1, 0.15) is 0 Å². The molecular formula is C19H20BrN5O3. The first-order valence-electron chi connectivity index (χ1n) is 8.68. The van der Waals surface area contributed by atoms with Crippen LogP contribution >= 0.6 is 15.9 Å². The van der Waals surface area contributed by atoms with Crippen molar-refractivity contribution < 1.29 is 14.7 Å². The second-order valence-electron chi connectivity index (χ2n) is 6.40. The van der Waals surface area contributed by atoms with E-state index in [4.69, 9.17) is 5.11 Å². The predicted molar refractivity (Wildman–Crippen MR) is 107 cm³/mol. The van der Waals surface area contributed by atoms with Crippen LogP contribution in [0.25, 0.3) is 0 Å². The molecule has 3 rings (SSSR count). The number of aromatic nitrogens is 4. The fraction of sp³-hybridized carbons (Fsp3) is 0.263. The lowest BCUT2D eigenvalue weighted by Crippen LogP contribution is -2.14. The zero-order valence-corrected chi connectivity index (χ0v) is 17.1. The molecular weight excluding hydrogens is 426 g/mol. The second-order valence-corrected chi connectivity index (χ2v) is 7.20. The number of carboxylic acids is 1. The largest absolute Gasteiger partial charge is 0.481 e. The van der Waals surface area contributed by atoms with Crippen molar-refractivity contribution in [3.8, 4) is 0 Å². The Morgan fingerprint density at radius 2 is 2.00 bits per heavy atom. The molecule has 3 aromatic rings. The van der Waals surface area contributed by atoms with Crippen molar-refractivity contribution in [2.24, 2.45) is 0 Å². The number of amides is 1. The van der Waals surface area contributed by atoms with Crippen LogP contribution in [0.4, 0.5) is 5.69 Å². The minimum absolute atomic E-state index is 0.0484. The molecule has 0 aliphatic carbocycles. The van der Waals surface area contributed by atoms with Gasteiger partial charge in [-0.3, -0.25) is 19.0 Å². The lowest BCUT2D eigenvalue weighted by atomic mass is 10.2. The zero-order chi connectivity index (χ0) is 20.3. The molecule has 0 bridgehead atoms. The Balaban J connectivity index is 1.68. The maximum absolute atomic E-state index is 12.4. The quantitative estimate of drug-likeness (QED) is 0.580. The van der Waals surface area contributed by atoms with E-state index in [1.165, 1.54) is 4.68 Å². The highest BCUT2D eigenvalue weighted by Gasteiger charge is 2.12. The van der Waals surface area contributed by atoms with Gasteiger partial charge in [-0.15, -0.1) is 0 Å². The normalized spacial score (nSPS) is 10.8. The van der Waals surface area contributed by atoms with Crippen molar-refractivity contribution in [1.82, 2.24) is 19.6 Å². The van der Waals surface area contributed by atoms with Crippen molar-refractivity contribution in [3.63, 3.8) is 0 Å². The van der Waals surface area contributed by atoms with Crippen LogP contribution in [0.15, 0.2) is 41.0 Å². The highest BCUT2D eigenvalue weighted by atomic mass is 79.9. The Kier molecular flexibility index (Phi) is 5.93. The number of rotatable bonds is 7. The van der Waals surface area contributed by atoms with Gasteiger partial charge in [0.05, 0.1) is 35.4 Å². The zero-order valence-electron chi connectivity index (χ0n) is 15.5. The molecule has 28 heavy (non-hydrogen) atoms. The molecule has 0 aliphatic rings. The van der Waals surface area contributed by atoms with E-state index in [2.05, 4.69) is 31.4 Å². The van der Waals surface area contributed by atoms with Crippen molar-refractivity contribution in [2.75, 3.05) is 5.32 Å². The van der Waals surface area contributed by atoms with Crippen molar-refractivity contribution >= 4 is 33.5 Å². The summed E-state index contributed by atoms with van der Waals surface area (Å²) >= 11 is 3.53. The summed E-state index contributed by atoms with van der Waals surface area (Å²) in [6, 6.07) is 9.11. The van der Waals surface area contributed by atoms with Gasteiger partial charge in [0.25, 0.3) is 5.91 Å². The van der Waals surface area contributed by atoms with Gasteiger partial charge in [0.2, 0.25) is 0 Å². The van der Waals surface area contributed by atoms with Crippen LogP contribution in [0.2, 0.25) is 0 Å². The number of benzene rings is 1. The summed E-state index contributed by atoms with van der Waals surface area (Å²) < 4.78 is 4.35. The monoisotopic (exact) mass is 445 g/mol. The van der Waals surface area contributed by atoms with E-state index in [9.17, 15) is 9.59 Å². The van der Waals surface area contributed by atoms with Crippen molar-refractivity contribution in [2.45, 2.75) is 33.4 Å². The number of aryl methyl sites for hydroxylation is 2. The Bertz CT molecular complexity index is 1020. The van der Waals surface area contributed by atoms with Crippen LogP contribution in [0.5, 0.6) is 0 Å². The van der Waals surface area contributed by atoms with E-state index in [1.807, 2.05) is 36.7 Å². The predicted octanol–water partition coefficient (Wildman–Crippen LogP) is 3.23. The number of carbonyl (C=O) groups is 2. The van der Waals surface area contributed by atoms with Crippen molar-refractivity contribution in [3.05, 3.63) is 63.6 Å². The van der Waals surface area contributed by atoms with Gasteiger partial charge >= 0.3 is 5.97 Å². The third kappa shape index (κ3) is 4.66. The fourth-order valence-electron chi connectivity index (χ4n) is 2.76. The number of hydrogen-bond acceptors (Lipinski definition) is 4. The van der Waals surface area contributed by atoms with E-state index in [0.29, 0.717) is 12.2 Å². The topological polar surface area (TPSA) is 102 Å². The summed E-state index contributed by atoms with van der Waals surface area (Å²) in [6.45, 7) is 4.75. The molecule has 0 fully saturated rings. The van der Waals surface area contributed by atoms with Gasteiger partial charge in [0.15, 0.2) is 5.69 Å². The smallest absolute Gasteiger partial charge is 0.305 e. The summed E-state index contributed by atoms with van der Waals surface area (Å²) in [6.07, 6.45) is 1.54. The Hall–Kier alpha value is -2.94. The molecule has 146 valence electrons. The second kappa shape index (κ2) is 8.39. The first-order valence-corrected chi connectivity index (χ1v) is 9.48. The number of aliphatic carboxylic acids is 1. The average Bonchev–Trinajstić information content (AvgIpc) is 3.22. The van der Waals surface area contributed by atoms with Gasteiger partial charge < -0.3 is 10.4 Å². The molecule has 0 aliphatic heterocycles. The van der Waals surface area contributed by atoms with Gasteiger partial charge in [-0.2, -0.15) is 10.2 Å². The van der Waals surface area contributed by atoms with Crippen LogP contribution in [-0.4, -0.2) is 36.5 Å². The number of hydrogen-bond donors (Lipinski definition) is 2. The van der Waals surface area contributed by atoms with E-state index in [-0.39, 0.29) is 24.6 Å². The SMILES string of the molecule is Cc1nn(Cc2cccc(NC(=O)c3ccn(CCC(=O)O)n3)c2)c(C)c1Br. The molecule has 2 heterocycles. The third-order valence-electron chi connectivity index (χ3n) is 4.24. The van der Waals surface area contributed by atoms with E-state index >= 15 is 0 Å². The molecule has 0 radical (unpaired) electrons. The third-order valence-corrected chi connectivity index (χ3v) is 5.39. The van der Waals surface area contributed by atoms with E-state index in [1.54, 1.807) is 18.3 Å². The van der Waals surface area contributed by atoms with Gasteiger partial charge in [-0.1, -0.05) is 12.1 Å². The van der Waals surface area contributed by atoms with Crippen LogP contribution < -0.4 is 5.32 Å². The summed E-state index contributed by atoms with van der Waals surface area (Å²) in [5.74, 6) is -1.26. The number of anilines is 1. The average molecular weight is 446 g/mol. The first-order chi connectivity index (χ1) is 13.3. The summed E-state index contributed by atoms with van der Waals surface area (Å²) in [5.41, 5.74) is 3.86. The van der Waals surface area contributed by atoms with Gasteiger partial charge in [-0.05, 0) is 53.5 Å². The maximum atomic E-state index is 12.4. The summed E-state index contributed by atoms with van der Waals surface area (Å²) in [7, 11) is 0. The van der Waals surface area contributed by atoms with Gasteiger partial charge in [0, 0.05) is 11.9 Å². The Labute approximate surface area is 170 Å². The minimum Gasteiger partial charge on any atom is -0.481 e. The molecule has 0 atom stereocenters. The first kappa shape index (κ1) is 19.8. The number of halogens is 1. The standard InChI is InChI=1S/C19H20BrN5O3/c1-12-18(20)13(2)25(22-12)11-14-4-3-5-15(10-14)21-19(28)16-6-8-24(23-16)9-7-17(26)27/h3-6,8,10H,7,9,11H2,1-2H3,(H,21,28)(H,26,27). The number of nitrogens with zero attached hydrogens (tertiary/aromatic N) is 4. The minimum atomic E-state index is -0.909. The number of carbonyl (C=O) groups excluding carboxylic acids is 1. The number of carboxylic acid groups (broad SMARTS) is 1. The summed E-state index contributed by atoms with van der Waals surface area (Å²) in [5, 5.41) is 20.2. The molecule has 0 saturated heterocycles. The van der Waals surface area contributed by atoms with Crippen molar-refractivity contribution in [1.29, 1.82) is 0 Å². The van der Waals surface area contributed by atoms with Gasteiger partial charge in [-0.25, -0.2) is 0 Å². The summed E-state index contributed by atoms with van der Waals surface area (Å²) in [4.78, 5) is 23.0. The fourth-order valence-corrected chi connectivity index (χ4v) is 3.05. The lowest BCUT2D eigenvalue weighted by molar-refractivity contribution is -0.137. The Morgan fingerprint density at radius 1 is 1.21 bits per heavy atom. The molecule has 1 amide bonds. The van der Waals surface area contributed by atoms with Crippen LogP contribution in [0.1, 0.15) is 33.9 Å². The Morgan fingerprint density at radius 3 is 2.68 bits per heavy atom. The molecule has 2 N–H and O–H groups in total. The van der Waals surface area contributed by atoms with Crippen LogP contribution in [0, 0.1) is 13.8 Å². The molecule has 0 saturated carbocycles. The molecule has 9 heteroatoms. The molecule has 0 unspecified atom stereocenters. The number of nitrogens with one attached hydrogen (secondary N) is 1. The maximum Gasteiger partial charge on any atom is 0.305 e. The van der Waals surface area contributed by atoms with E-state index in [0.717, 1.165) is 21.4 Å². The molecule has 2 aromatic heterocycles. The molecule has 1 aromatic carbocycles. The molecule has 8 nitrogen and oxygen atoms in total. The lowest BCUT2D eigenvalue weighted by Gasteiger charge is -2.08. The van der Waals surface area contributed by atoms with Crippen LogP contribution in [0.3, 0.4) is 0 Å². The molecule has 0 spiro atoms. The highest BCUT2D eigenvalue weighted by Crippen LogP contribution is 2.21.